The van der Waals surface area contributed by atoms with Crippen molar-refractivity contribution in [3.8, 4) is 0 Å². The van der Waals surface area contributed by atoms with Gasteiger partial charge in [-0.25, -0.2) is 4.98 Å². The Bertz CT molecular complexity index is 502. The molecule has 15 heavy (non-hydrogen) atoms. The Morgan fingerprint density at radius 1 is 1.53 bits per heavy atom. The molecule has 0 aliphatic rings. The maximum atomic E-state index is 11.6. The Balaban J connectivity index is 2.72. The average Bonchev–Trinajstić information content (AvgIpc) is 2.70. The summed E-state index contributed by atoms with van der Waals surface area (Å²) in [6.45, 7) is 2.04. The number of aromatic nitrogens is 2. The van der Waals surface area contributed by atoms with Gasteiger partial charge in [0.05, 0.1) is 24.0 Å². The minimum absolute atomic E-state index is 0.0282. The number of imidazole rings is 1. The number of rotatable bonds is 3. The lowest BCUT2D eigenvalue weighted by atomic mass is 10.2. The van der Waals surface area contributed by atoms with Crippen LogP contribution in [0.4, 0.5) is 0 Å². The molecule has 0 amide bonds. The fraction of sp³-hybridized carbons (Fsp3) is 0.273. The largest absolute Gasteiger partial charge is 0.324 e. The molecule has 0 radical (unpaired) electrons. The number of fused-ring (bicyclic) bond motifs is 1. The van der Waals surface area contributed by atoms with Gasteiger partial charge in [-0.15, -0.1) is 0 Å². The third kappa shape index (κ3) is 1.53. The molecular weight excluding hydrogens is 190 g/mol. The van der Waals surface area contributed by atoms with E-state index < -0.39 is 0 Å². The molecule has 4 nitrogen and oxygen atoms in total. The molecule has 0 spiro atoms. The average molecular weight is 203 g/mol. The van der Waals surface area contributed by atoms with Crippen LogP contribution in [0.1, 0.15) is 23.2 Å². The Hall–Kier alpha value is -1.68. The van der Waals surface area contributed by atoms with Crippen molar-refractivity contribution >= 4 is 11.3 Å². The highest BCUT2D eigenvalue weighted by atomic mass is 16.1. The summed E-state index contributed by atoms with van der Waals surface area (Å²) in [6, 6.07) is 5.56. The van der Waals surface area contributed by atoms with Crippen LogP contribution in [0.25, 0.3) is 5.52 Å². The first kappa shape index (κ1) is 9.86. The minimum atomic E-state index is -0.0618. The van der Waals surface area contributed by atoms with Crippen molar-refractivity contribution in [3.05, 3.63) is 35.9 Å². The van der Waals surface area contributed by atoms with Crippen LogP contribution in [0.15, 0.2) is 24.4 Å². The zero-order valence-corrected chi connectivity index (χ0v) is 8.60. The van der Waals surface area contributed by atoms with E-state index in [0.29, 0.717) is 5.69 Å². The second-order valence-corrected chi connectivity index (χ2v) is 3.33. The second-order valence-electron chi connectivity index (χ2n) is 3.33. The molecule has 0 unspecified atom stereocenters. The van der Waals surface area contributed by atoms with E-state index in [1.54, 1.807) is 12.3 Å². The van der Waals surface area contributed by atoms with Crippen LogP contribution < -0.4 is 5.73 Å². The van der Waals surface area contributed by atoms with E-state index in [1.807, 2.05) is 23.5 Å². The van der Waals surface area contributed by atoms with Crippen molar-refractivity contribution in [3.63, 3.8) is 0 Å². The summed E-state index contributed by atoms with van der Waals surface area (Å²) in [7, 11) is 0. The normalized spacial score (nSPS) is 10.8. The molecule has 78 valence electrons. The van der Waals surface area contributed by atoms with Crippen molar-refractivity contribution in [2.75, 3.05) is 6.54 Å². The van der Waals surface area contributed by atoms with Crippen molar-refractivity contribution in [2.45, 2.75) is 13.3 Å². The first-order valence-electron chi connectivity index (χ1n) is 4.96. The summed E-state index contributed by atoms with van der Waals surface area (Å²) in [5, 5.41) is 0. The lowest BCUT2D eigenvalue weighted by Crippen LogP contribution is -2.17. The van der Waals surface area contributed by atoms with E-state index in [0.717, 1.165) is 17.8 Å². The summed E-state index contributed by atoms with van der Waals surface area (Å²) in [5.41, 5.74) is 6.92. The molecule has 2 heterocycles. The van der Waals surface area contributed by atoms with Gasteiger partial charge < -0.3 is 5.73 Å². The third-order valence-corrected chi connectivity index (χ3v) is 2.41. The van der Waals surface area contributed by atoms with Crippen LogP contribution >= 0.6 is 0 Å². The van der Waals surface area contributed by atoms with Crippen LogP contribution in [-0.4, -0.2) is 21.7 Å². The number of ketones is 1. The van der Waals surface area contributed by atoms with Gasteiger partial charge in [0.15, 0.2) is 5.78 Å². The number of hydrogen-bond acceptors (Lipinski definition) is 3. The standard InChI is InChI=1S/C11H13N3O/c1-2-11-13-7-8-4-3-5-9(14(8)11)10(15)6-12/h3-5,7H,2,6,12H2,1H3. The van der Waals surface area contributed by atoms with E-state index in [-0.39, 0.29) is 12.3 Å². The van der Waals surface area contributed by atoms with Gasteiger partial charge in [0.25, 0.3) is 0 Å². The van der Waals surface area contributed by atoms with Crippen LogP contribution in [0.2, 0.25) is 0 Å². The Labute approximate surface area is 87.7 Å². The van der Waals surface area contributed by atoms with E-state index in [1.165, 1.54) is 0 Å². The molecule has 2 N–H and O–H groups in total. The predicted molar refractivity (Wildman–Crippen MR) is 58.0 cm³/mol. The zero-order valence-electron chi connectivity index (χ0n) is 8.60. The molecule has 0 saturated heterocycles. The lowest BCUT2D eigenvalue weighted by Gasteiger charge is -2.05. The van der Waals surface area contributed by atoms with E-state index in [4.69, 9.17) is 5.73 Å². The van der Waals surface area contributed by atoms with Crippen LogP contribution in [-0.2, 0) is 6.42 Å². The van der Waals surface area contributed by atoms with Gasteiger partial charge in [-0.2, -0.15) is 0 Å². The predicted octanol–water partition coefficient (Wildman–Crippen LogP) is 1.04. The molecule has 2 aromatic heterocycles. The first-order chi connectivity index (χ1) is 7.27. The van der Waals surface area contributed by atoms with Crippen molar-refractivity contribution in [1.82, 2.24) is 9.38 Å². The summed E-state index contributed by atoms with van der Waals surface area (Å²) in [5.74, 6) is 0.829. The van der Waals surface area contributed by atoms with E-state index in [2.05, 4.69) is 4.98 Å². The summed E-state index contributed by atoms with van der Waals surface area (Å²) < 4.78 is 1.87. The maximum absolute atomic E-state index is 11.6. The number of Topliss-reactive ketones (excluding diaryl/α,β-unsaturated/α-hetero) is 1. The molecule has 0 bridgehead atoms. The molecule has 0 fully saturated rings. The van der Waals surface area contributed by atoms with Crippen molar-refractivity contribution in [2.24, 2.45) is 5.73 Å². The molecule has 0 aliphatic heterocycles. The number of nitrogens with two attached hydrogens (primary N) is 1. The number of carbonyl (C=O) groups excluding carboxylic acids is 1. The fourth-order valence-electron chi connectivity index (χ4n) is 1.68. The second kappa shape index (κ2) is 3.82. The van der Waals surface area contributed by atoms with Gasteiger partial charge >= 0.3 is 0 Å². The minimum Gasteiger partial charge on any atom is -0.324 e. The number of nitrogens with zero attached hydrogens (tertiary/aromatic N) is 2. The smallest absolute Gasteiger partial charge is 0.193 e. The highest BCUT2D eigenvalue weighted by Crippen LogP contribution is 2.11. The zero-order chi connectivity index (χ0) is 10.8. The van der Waals surface area contributed by atoms with Gasteiger partial charge in [-0.1, -0.05) is 13.0 Å². The van der Waals surface area contributed by atoms with Crippen LogP contribution in [0, 0.1) is 0 Å². The SMILES string of the molecule is CCc1ncc2cccc(C(=O)CN)n12. The van der Waals surface area contributed by atoms with Crippen LogP contribution in [0.5, 0.6) is 0 Å². The molecular formula is C11H13N3O. The quantitative estimate of drug-likeness (QED) is 0.758. The number of pyridine rings is 1. The Morgan fingerprint density at radius 2 is 2.33 bits per heavy atom. The summed E-state index contributed by atoms with van der Waals surface area (Å²) in [6.07, 6.45) is 2.56. The maximum Gasteiger partial charge on any atom is 0.193 e. The van der Waals surface area contributed by atoms with Crippen LogP contribution in [0.3, 0.4) is 0 Å². The molecule has 2 aromatic rings. The van der Waals surface area contributed by atoms with Gasteiger partial charge in [0, 0.05) is 6.42 Å². The fourth-order valence-corrected chi connectivity index (χ4v) is 1.68. The lowest BCUT2D eigenvalue weighted by molar-refractivity contribution is 0.0995. The molecule has 4 heteroatoms. The number of carbonyl (C=O) groups is 1. The number of aryl methyl sites for hydroxylation is 1. The third-order valence-electron chi connectivity index (χ3n) is 2.41. The molecule has 0 aromatic carbocycles. The number of hydrogen-bond donors (Lipinski definition) is 1. The molecule has 0 saturated carbocycles. The summed E-state index contributed by atoms with van der Waals surface area (Å²) in [4.78, 5) is 15.9. The monoisotopic (exact) mass is 203 g/mol. The topological polar surface area (TPSA) is 60.4 Å². The van der Waals surface area contributed by atoms with E-state index >= 15 is 0 Å². The molecule has 0 aliphatic carbocycles. The van der Waals surface area contributed by atoms with Crippen molar-refractivity contribution < 1.29 is 4.79 Å². The van der Waals surface area contributed by atoms with Gasteiger partial charge in [-0.3, -0.25) is 9.20 Å². The summed E-state index contributed by atoms with van der Waals surface area (Å²) >= 11 is 0. The Morgan fingerprint density at radius 3 is 3.00 bits per heavy atom. The van der Waals surface area contributed by atoms with Gasteiger partial charge in [0.1, 0.15) is 5.82 Å². The van der Waals surface area contributed by atoms with Crippen molar-refractivity contribution in [1.29, 1.82) is 0 Å². The highest BCUT2D eigenvalue weighted by molar-refractivity contribution is 5.96. The Kier molecular flexibility index (Phi) is 2.51. The van der Waals surface area contributed by atoms with Gasteiger partial charge in [0.2, 0.25) is 0 Å². The molecule has 2 rings (SSSR count). The molecule has 0 atom stereocenters. The van der Waals surface area contributed by atoms with E-state index in [9.17, 15) is 4.79 Å². The first-order valence-corrected chi connectivity index (χ1v) is 4.96. The highest BCUT2D eigenvalue weighted by Gasteiger charge is 2.10. The van der Waals surface area contributed by atoms with Gasteiger partial charge in [-0.05, 0) is 12.1 Å².